The summed E-state index contributed by atoms with van der Waals surface area (Å²) in [5.41, 5.74) is 1.83. The van der Waals surface area contributed by atoms with E-state index in [-0.39, 0.29) is 5.91 Å². The van der Waals surface area contributed by atoms with Crippen molar-refractivity contribution in [2.45, 2.75) is 44.4 Å². The molecule has 1 aromatic rings. The van der Waals surface area contributed by atoms with Crippen LogP contribution in [-0.2, 0) is 11.3 Å². The molecule has 3 rings (SSSR count). The molecule has 1 heterocycles. The first kappa shape index (κ1) is 14.5. The van der Waals surface area contributed by atoms with Crippen molar-refractivity contribution >= 4 is 5.91 Å². The van der Waals surface area contributed by atoms with Crippen LogP contribution < -0.4 is 5.32 Å². The van der Waals surface area contributed by atoms with Gasteiger partial charge in [-0.1, -0.05) is 12.1 Å². The Hall–Kier alpha value is -1.39. The Kier molecular flexibility index (Phi) is 4.56. The van der Waals surface area contributed by atoms with Gasteiger partial charge in [0.1, 0.15) is 0 Å². The van der Waals surface area contributed by atoms with Gasteiger partial charge >= 0.3 is 0 Å². The Bertz CT molecular complexity index is 474. The Balaban J connectivity index is 1.49. The first-order valence-corrected chi connectivity index (χ1v) is 7.89. The van der Waals surface area contributed by atoms with E-state index in [4.69, 9.17) is 4.74 Å². The zero-order valence-electron chi connectivity index (χ0n) is 12.7. The summed E-state index contributed by atoms with van der Waals surface area (Å²) in [5, 5.41) is 3.17. The maximum Gasteiger partial charge on any atom is 0.251 e. The maximum absolute atomic E-state index is 12.3. The second-order valence-electron chi connectivity index (χ2n) is 6.14. The van der Waals surface area contributed by atoms with Gasteiger partial charge in [-0.2, -0.15) is 0 Å². The number of hydrogen-bond donors (Lipinski definition) is 1. The molecule has 1 saturated carbocycles. The fraction of sp³-hybridized carbons (Fsp3) is 0.588. The topological polar surface area (TPSA) is 41.6 Å². The van der Waals surface area contributed by atoms with E-state index in [0.717, 1.165) is 43.1 Å². The molecule has 0 aromatic heterocycles. The van der Waals surface area contributed by atoms with Crippen LogP contribution in [0.25, 0.3) is 0 Å². The normalized spacial score (nSPS) is 20.4. The Morgan fingerprint density at radius 2 is 1.86 bits per heavy atom. The highest BCUT2D eigenvalue weighted by molar-refractivity contribution is 5.94. The van der Waals surface area contributed by atoms with Crippen LogP contribution in [0.2, 0.25) is 0 Å². The van der Waals surface area contributed by atoms with E-state index in [9.17, 15) is 4.79 Å². The minimum Gasteiger partial charge on any atom is -0.380 e. The molecule has 1 aliphatic heterocycles. The number of methoxy groups -OCH3 is 1. The predicted molar refractivity (Wildman–Crippen MR) is 82.2 cm³/mol. The van der Waals surface area contributed by atoms with Gasteiger partial charge in [0, 0.05) is 37.8 Å². The first-order chi connectivity index (χ1) is 10.3. The van der Waals surface area contributed by atoms with Crippen molar-refractivity contribution in [2.24, 2.45) is 0 Å². The Morgan fingerprint density at radius 3 is 2.43 bits per heavy atom. The van der Waals surface area contributed by atoms with E-state index < -0.39 is 0 Å². The molecule has 1 amide bonds. The van der Waals surface area contributed by atoms with Crippen molar-refractivity contribution in [3.8, 4) is 0 Å². The number of nitrogens with one attached hydrogen (secondary N) is 1. The van der Waals surface area contributed by atoms with E-state index >= 15 is 0 Å². The van der Waals surface area contributed by atoms with Gasteiger partial charge in [-0.15, -0.1) is 0 Å². The summed E-state index contributed by atoms with van der Waals surface area (Å²) in [5.74, 6) is 0.0452. The number of rotatable bonds is 5. The molecular weight excluding hydrogens is 264 g/mol. The van der Waals surface area contributed by atoms with Crippen molar-refractivity contribution in [1.82, 2.24) is 10.2 Å². The SMILES string of the molecule is COCc1ccc(C(=O)NC2CCN(C3CC3)CC2)cc1. The number of nitrogens with zero attached hydrogens (tertiary/aromatic N) is 1. The van der Waals surface area contributed by atoms with Crippen LogP contribution in [0, 0.1) is 0 Å². The highest BCUT2D eigenvalue weighted by atomic mass is 16.5. The Morgan fingerprint density at radius 1 is 1.19 bits per heavy atom. The van der Waals surface area contributed by atoms with E-state index in [1.807, 2.05) is 24.3 Å². The quantitative estimate of drug-likeness (QED) is 0.903. The fourth-order valence-corrected chi connectivity index (χ4v) is 3.04. The van der Waals surface area contributed by atoms with Crippen molar-refractivity contribution in [2.75, 3.05) is 20.2 Å². The number of carbonyl (C=O) groups is 1. The van der Waals surface area contributed by atoms with Crippen LogP contribution in [0.15, 0.2) is 24.3 Å². The first-order valence-electron chi connectivity index (χ1n) is 7.89. The maximum atomic E-state index is 12.3. The lowest BCUT2D eigenvalue weighted by Gasteiger charge is -2.32. The van der Waals surface area contributed by atoms with Crippen molar-refractivity contribution in [3.05, 3.63) is 35.4 Å². The Labute approximate surface area is 126 Å². The third-order valence-corrected chi connectivity index (χ3v) is 4.46. The van der Waals surface area contributed by atoms with Gasteiger partial charge in [0.15, 0.2) is 0 Å². The number of carbonyl (C=O) groups excluding carboxylic acids is 1. The minimum atomic E-state index is 0.0452. The van der Waals surface area contributed by atoms with Crippen molar-refractivity contribution < 1.29 is 9.53 Å². The second kappa shape index (κ2) is 6.58. The lowest BCUT2D eigenvalue weighted by atomic mass is 10.0. The number of ether oxygens (including phenoxy) is 1. The monoisotopic (exact) mass is 288 g/mol. The fourth-order valence-electron chi connectivity index (χ4n) is 3.04. The van der Waals surface area contributed by atoms with Crippen LogP contribution in [0.5, 0.6) is 0 Å². The predicted octanol–water partition coefficient (Wildman–Crippen LogP) is 2.19. The molecular formula is C17H24N2O2. The van der Waals surface area contributed by atoms with Crippen LogP contribution in [-0.4, -0.2) is 43.1 Å². The molecule has 114 valence electrons. The van der Waals surface area contributed by atoms with E-state index in [1.54, 1.807) is 7.11 Å². The number of benzene rings is 1. The van der Waals surface area contributed by atoms with Gasteiger partial charge in [-0.3, -0.25) is 4.79 Å². The van der Waals surface area contributed by atoms with Crippen molar-refractivity contribution in [1.29, 1.82) is 0 Å². The summed E-state index contributed by atoms with van der Waals surface area (Å²) in [4.78, 5) is 14.8. The summed E-state index contributed by atoms with van der Waals surface area (Å²) in [6, 6.07) is 8.83. The molecule has 0 atom stereocenters. The molecule has 0 radical (unpaired) electrons. The van der Waals surface area contributed by atoms with E-state index in [0.29, 0.717) is 12.6 Å². The molecule has 1 aliphatic carbocycles. The van der Waals surface area contributed by atoms with Crippen LogP contribution in [0.1, 0.15) is 41.6 Å². The third kappa shape index (κ3) is 3.83. The van der Waals surface area contributed by atoms with Gasteiger partial charge < -0.3 is 15.0 Å². The smallest absolute Gasteiger partial charge is 0.251 e. The number of piperidine rings is 1. The molecule has 0 spiro atoms. The molecule has 4 heteroatoms. The lowest BCUT2D eigenvalue weighted by Crippen LogP contribution is -2.45. The van der Waals surface area contributed by atoms with Gasteiger partial charge in [-0.05, 0) is 43.4 Å². The van der Waals surface area contributed by atoms with Crippen molar-refractivity contribution in [3.63, 3.8) is 0 Å². The number of hydrogen-bond acceptors (Lipinski definition) is 3. The summed E-state index contributed by atoms with van der Waals surface area (Å²) in [6.07, 6.45) is 4.88. The van der Waals surface area contributed by atoms with Crippen LogP contribution in [0.3, 0.4) is 0 Å². The number of likely N-dealkylation sites (tertiary alicyclic amines) is 1. The average Bonchev–Trinajstić information content (AvgIpc) is 3.34. The zero-order valence-corrected chi connectivity index (χ0v) is 12.7. The summed E-state index contributed by atoms with van der Waals surface area (Å²) >= 11 is 0. The molecule has 21 heavy (non-hydrogen) atoms. The molecule has 0 bridgehead atoms. The largest absolute Gasteiger partial charge is 0.380 e. The van der Waals surface area contributed by atoms with E-state index in [1.165, 1.54) is 12.8 Å². The molecule has 2 aliphatic rings. The van der Waals surface area contributed by atoms with E-state index in [2.05, 4.69) is 10.2 Å². The van der Waals surface area contributed by atoms with Gasteiger partial charge in [0.2, 0.25) is 0 Å². The minimum absolute atomic E-state index is 0.0452. The van der Waals surface area contributed by atoms with Crippen LogP contribution >= 0.6 is 0 Å². The standard InChI is InChI=1S/C17H24N2O2/c1-21-12-13-2-4-14(5-3-13)17(20)18-15-8-10-19(11-9-15)16-6-7-16/h2-5,15-16H,6-12H2,1H3,(H,18,20). The molecule has 1 saturated heterocycles. The zero-order chi connectivity index (χ0) is 14.7. The van der Waals surface area contributed by atoms with Crippen LogP contribution in [0.4, 0.5) is 0 Å². The summed E-state index contributed by atoms with van der Waals surface area (Å²) < 4.78 is 5.08. The molecule has 4 nitrogen and oxygen atoms in total. The highest BCUT2D eigenvalue weighted by Crippen LogP contribution is 2.29. The second-order valence-corrected chi connectivity index (χ2v) is 6.14. The third-order valence-electron chi connectivity index (χ3n) is 4.46. The molecule has 1 N–H and O–H groups in total. The van der Waals surface area contributed by atoms with Gasteiger partial charge in [0.05, 0.1) is 6.61 Å². The van der Waals surface area contributed by atoms with Gasteiger partial charge in [-0.25, -0.2) is 0 Å². The lowest BCUT2D eigenvalue weighted by molar-refractivity contribution is 0.0909. The average molecular weight is 288 g/mol. The molecule has 1 aromatic carbocycles. The number of amides is 1. The summed E-state index contributed by atoms with van der Waals surface area (Å²) in [7, 11) is 1.68. The highest BCUT2D eigenvalue weighted by Gasteiger charge is 2.32. The molecule has 0 unspecified atom stereocenters. The van der Waals surface area contributed by atoms with Gasteiger partial charge in [0.25, 0.3) is 5.91 Å². The molecule has 2 fully saturated rings. The summed E-state index contributed by atoms with van der Waals surface area (Å²) in [6.45, 7) is 2.84.